The Morgan fingerprint density at radius 1 is 1.08 bits per heavy atom. The van der Waals surface area contributed by atoms with E-state index in [0.29, 0.717) is 6.42 Å². The number of hydrogen-bond donors (Lipinski definition) is 5. The Bertz CT molecular complexity index is 698. The Morgan fingerprint density at radius 2 is 1.69 bits per heavy atom. The molecule has 6 heteroatoms. The molecule has 0 aromatic rings. The summed E-state index contributed by atoms with van der Waals surface area (Å²) in [5.74, 6) is -3.16. The molecule has 11 atom stereocenters. The van der Waals surface area contributed by atoms with Crippen molar-refractivity contribution in [2.75, 3.05) is 0 Å². The Morgan fingerprint density at radius 3 is 2.27 bits per heavy atom. The van der Waals surface area contributed by atoms with Crippen molar-refractivity contribution in [3.8, 4) is 0 Å². The minimum Gasteiger partial charge on any atom is -0.390 e. The molecular weight excluding hydrogens is 336 g/mol. The van der Waals surface area contributed by atoms with Gasteiger partial charge in [0.1, 0.15) is 11.2 Å². The number of fused-ring (bicyclic) bond motifs is 3. The zero-order valence-electron chi connectivity index (χ0n) is 16.2. The zero-order chi connectivity index (χ0) is 19.3. The Kier molecular flexibility index (Phi) is 2.87. The van der Waals surface area contributed by atoms with Gasteiger partial charge < -0.3 is 30.3 Å². The predicted octanol–water partition coefficient (Wildman–Crippen LogP) is 0.390. The molecule has 0 aromatic heterocycles. The fraction of sp³-hybridized carbons (Fsp3) is 1.00. The highest BCUT2D eigenvalue weighted by Gasteiger charge is 2.96. The highest BCUT2D eigenvalue weighted by Crippen LogP contribution is 2.83. The standard InChI is InChI=1S/C20H32O6/c1-9(2)19(24)13(21)12-15(4)8-18(23)16(19,5)20(12,25)14(26-18)11-10(3)6-7-17(11,15)22/h9-14,21-25H,6-8H2,1-5H3/t10?,11?,12?,13?,14?,15-,16+,17-,18+,19-,20-/m1/s1. The van der Waals surface area contributed by atoms with Crippen LogP contribution in [0.15, 0.2) is 0 Å². The van der Waals surface area contributed by atoms with Gasteiger partial charge >= 0.3 is 0 Å². The van der Waals surface area contributed by atoms with Gasteiger partial charge in [-0.25, -0.2) is 0 Å². The summed E-state index contributed by atoms with van der Waals surface area (Å²) in [6.45, 7) is 9.17. The summed E-state index contributed by atoms with van der Waals surface area (Å²) in [6.07, 6.45) is -0.571. The van der Waals surface area contributed by atoms with Gasteiger partial charge in [-0.1, -0.05) is 27.7 Å². The second-order valence-electron chi connectivity index (χ2n) is 10.7. The van der Waals surface area contributed by atoms with Crippen LogP contribution in [0.3, 0.4) is 0 Å². The lowest BCUT2D eigenvalue weighted by atomic mass is 9.41. The third-order valence-corrected chi connectivity index (χ3v) is 10.0. The first-order chi connectivity index (χ1) is 11.8. The van der Waals surface area contributed by atoms with Crippen molar-refractivity contribution in [1.82, 2.24) is 0 Å². The van der Waals surface area contributed by atoms with Crippen molar-refractivity contribution < 1.29 is 30.3 Å². The van der Waals surface area contributed by atoms with Crippen molar-refractivity contribution in [1.29, 1.82) is 0 Å². The van der Waals surface area contributed by atoms with E-state index in [4.69, 9.17) is 4.74 Å². The molecule has 1 aliphatic heterocycles. The van der Waals surface area contributed by atoms with Gasteiger partial charge in [0.2, 0.25) is 0 Å². The maximum atomic E-state index is 12.1. The minimum absolute atomic E-state index is 0.103. The van der Waals surface area contributed by atoms with Crippen LogP contribution in [0.4, 0.5) is 0 Å². The van der Waals surface area contributed by atoms with E-state index in [1.54, 1.807) is 20.8 Å². The van der Waals surface area contributed by atoms with Crippen molar-refractivity contribution in [2.24, 2.45) is 34.5 Å². The van der Waals surface area contributed by atoms with E-state index in [1.807, 2.05) is 6.92 Å². The van der Waals surface area contributed by atoms with Crippen LogP contribution in [0.1, 0.15) is 53.9 Å². The van der Waals surface area contributed by atoms with Crippen LogP contribution in [0.25, 0.3) is 0 Å². The summed E-state index contributed by atoms with van der Waals surface area (Å²) in [5, 5.41) is 58.7. The van der Waals surface area contributed by atoms with Crippen LogP contribution < -0.4 is 0 Å². The average Bonchev–Trinajstić information content (AvgIpc) is 2.91. The van der Waals surface area contributed by atoms with Crippen LogP contribution in [0.2, 0.25) is 0 Å². The number of hydrogen-bond acceptors (Lipinski definition) is 6. The predicted molar refractivity (Wildman–Crippen MR) is 91.7 cm³/mol. The maximum Gasteiger partial charge on any atom is 0.177 e. The van der Waals surface area contributed by atoms with E-state index in [0.717, 1.165) is 6.42 Å². The van der Waals surface area contributed by atoms with Gasteiger partial charge in [-0.05, 0) is 31.6 Å². The summed E-state index contributed by atoms with van der Waals surface area (Å²) in [6, 6.07) is 0. The highest BCUT2D eigenvalue weighted by molar-refractivity contribution is 5.42. The lowest BCUT2D eigenvalue weighted by Gasteiger charge is -2.64. The van der Waals surface area contributed by atoms with E-state index in [2.05, 4.69) is 6.92 Å². The van der Waals surface area contributed by atoms with Crippen molar-refractivity contribution in [2.45, 2.75) is 88.7 Å². The van der Waals surface area contributed by atoms with Gasteiger partial charge in [-0.3, -0.25) is 0 Å². The molecule has 1 saturated heterocycles. The van der Waals surface area contributed by atoms with Gasteiger partial charge in [0.05, 0.1) is 23.2 Å². The molecule has 5 rings (SSSR count). The van der Waals surface area contributed by atoms with Gasteiger partial charge in [0.15, 0.2) is 5.79 Å². The molecule has 5 aliphatic rings. The van der Waals surface area contributed by atoms with E-state index in [-0.39, 0.29) is 18.3 Å². The van der Waals surface area contributed by atoms with Crippen molar-refractivity contribution in [3.05, 3.63) is 0 Å². The molecule has 26 heavy (non-hydrogen) atoms. The molecule has 5 bridgehead atoms. The molecule has 0 aromatic carbocycles. The normalized spacial score (nSPS) is 71.0. The van der Waals surface area contributed by atoms with Crippen LogP contribution in [0.5, 0.6) is 0 Å². The first kappa shape index (κ1) is 17.8. The van der Waals surface area contributed by atoms with Crippen molar-refractivity contribution >= 4 is 0 Å². The van der Waals surface area contributed by atoms with E-state index in [9.17, 15) is 25.5 Å². The number of ether oxygens (including phenoxy) is 1. The summed E-state index contributed by atoms with van der Waals surface area (Å²) in [5.41, 5.74) is -6.83. The first-order valence-corrected chi connectivity index (χ1v) is 10.0. The third kappa shape index (κ3) is 1.21. The van der Waals surface area contributed by atoms with Gasteiger partial charge in [-0.15, -0.1) is 0 Å². The van der Waals surface area contributed by atoms with Gasteiger partial charge in [0.25, 0.3) is 0 Å². The zero-order valence-corrected chi connectivity index (χ0v) is 16.2. The first-order valence-electron chi connectivity index (χ1n) is 10.0. The summed E-state index contributed by atoms with van der Waals surface area (Å²) in [4.78, 5) is 0. The molecule has 0 amide bonds. The van der Waals surface area contributed by atoms with E-state index in [1.165, 1.54) is 0 Å². The lowest BCUT2D eigenvalue weighted by molar-refractivity contribution is -0.320. The Balaban J connectivity index is 1.87. The molecular formula is C20H32O6. The van der Waals surface area contributed by atoms with E-state index < -0.39 is 57.5 Å². The molecule has 0 radical (unpaired) electrons. The average molecular weight is 368 g/mol. The quantitative estimate of drug-likeness (QED) is 0.458. The van der Waals surface area contributed by atoms with Crippen LogP contribution in [0, 0.1) is 34.5 Å². The molecule has 5 N–H and O–H groups in total. The Labute approximate surface area is 154 Å². The molecule has 1 heterocycles. The van der Waals surface area contributed by atoms with Crippen LogP contribution in [-0.4, -0.2) is 60.3 Å². The molecule has 6 nitrogen and oxygen atoms in total. The van der Waals surface area contributed by atoms with Crippen LogP contribution >= 0.6 is 0 Å². The molecule has 0 spiro atoms. The number of rotatable bonds is 1. The maximum absolute atomic E-state index is 12.1. The largest absolute Gasteiger partial charge is 0.390 e. The smallest absolute Gasteiger partial charge is 0.177 e. The number of aliphatic hydroxyl groups is 5. The lowest BCUT2D eigenvalue weighted by Crippen LogP contribution is -2.77. The second-order valence-corrected chi connectivity index (χ2v) is 10.7. The third-order valence-electron chi connectivity index (χ3n) is 10.0. The molecule has 5 fully saturated rings. The molecule has 5 unspecified atom stereocenters. The van der Waals surface area contributed by atoms with Crippen LogP contribution in [-0.2, 0) is 4.74 Å². The fourth-order valence-electron chi connectivity index (χ4n) is 8.76. The highest BCUT2D eigenvalue weighted by atomic mass is 16.7. The SMILES string of the molecule is CC1CC[C@@]2(O)C1C1O[C@@]3(O)C[C@]2(C)C2C(O)[C@](O)(C(C)C)[C@@]3(C)[C@]12O. The number of aliphatic hydroxyl groups excluding tert-OH is 1. The minimum atomic E-state index is -1.80. The Hall–Kier alpha value is -0.240. The molecule has 4 saturated carbocycles. The van der Waals surface area contributed by atoms with Crippen molar-refractivity contribution in [3.63, 3.8) is 0 Å². The summed E-state index contributed by atoms with van der Waals surface area (Å²) < 4.78 is 6.19. The second kappa shape index (κ2) is 4.19. The van der Waals surface area contributed by atoms with Gasteiger partial charge in [-0.2, -0.15) is 0 Å². The monoisotopic (exact) mass is 368 g/mol. The van der Waals surface area contributed by atoms with E-state index >= 15 is 0 Å². The summed E-state index contributed by atoms with van der Waals surface area (Å²) in [7, 11) is 0. The summed E-state index contributed by atoms with van der Waals surface area (Å²) >= 11 is 0. The molecule has 4 aliphatic carbocycles. The topological polar surface area (TPSA) is 110 Å². The molecule has 148 valence electrons. The van der Waals surface area contributed by atoms with Gasteiger partial charge in [0, 0.05) is 23.7 Å². The fourth-order valence-corrected chi connectivity index (χ4v) is 8.76.